The lowest BCUT2D eigenvalue weighted by atomic mass is 10.1. The van der Waals surface area contributed by atoms with Crippen molar-refractivity contribution < 1.29 is 27.8 Å². The minimum Gasteiger partial charge on any atom is -0.463 e. The second kappa shape index (κ2) is 8.42. The zero-order valence-electron chi connectivity index (χ0n) is 13.0. The number of rotatable bonds is 3. The van der Waals surface area contributed by atoms with Crippen LogP contribution in [-0.4, -0.2) is 30.6 Å². The monoisotopic (exact) mass is 339 g/mol. The number of carbonyl (C=O) groups is 2. The van der Waals surface area contributed by atoms with Crippen LogP contribution in [0.2, 0.25) is 0 Å². The lowest BCUT2D eigenvalue weighted by molar-refractivity contribution is -0.148. The van der Waals surface area contributed by atoms with E-state index in [0.29, 0.717) is 6.42 Å². The SMILES string of the molecule is O=C1CC/C=C\CC(F)(F)C(NC(=O)OCc2ccccc2)CO1. The number of cyclic esters (lactones) is 1. The minimum absolute atomic E-state index is 0.0370. The van der Waals surface area contributed by atoms with E-state index in [9.17, 15) is 18.4 Å². The van der Waals surface area contributed by atoms with E-state index in [1.54, 1.807) is 24.3 Å². The van der Waals surface area contributed by atoms with Gasteiger partial charge in [0.2, 0.25) is 0 Å². The smallest absolute Gasteiger partial charge is 0.408 e. The topological polar surface area (TPSA) is 64.6 Å². The number of benzene rings is 1. The summed E-state index contributed by atoms with van der Waals surface area (Å²) in [7, 11) is 0. The summed E-state index contributed by atoms with van der Waals surface area (Å²) >= 11 is 0. The molecule has 1 aromatic carbocycles. The Morgan fingerprint density at radius 2 is 2.04 bits per heavy atom. The number of halogens is 2. The molecule has 1 aliphatic heterocycles. The largest absolute Gasteiger partial charge is 0.463 e. The standard InChI is InChI=1S/C17H19F2NO4/c18-17(19)10-6-2-5-9-15(21)23-12-14(17)20-16(22)24-11-13-7-3-1-4-8-13/h1-4,6-8,14H,5,9-12H2,(H,20,22)/b6-2-. The molecule has 2 rings (SSSR count). The quantitative estimate of drug-likeness (QED) is 0.678. The van der Waals surface area contributed by atoms with Crippen LogP contribution in [0.4, 0.5) is 13.6 Å². The molecular weight excluding hydrogens is 320 g/mol. The van der Waals surface area contributed by atoms with E-state index in [1.165, 1.54) is 12.2 Å². The van der Waals surface area contributed by atoms with Crippen LogP contribution in [-0.2, 0) is 20.9 Å². The Bertz CT molecular complexity index is 590. The van der Waals surface area contributed by atoms with Crippen molar-refractivity contribution in [3.8, 4) is 0 Å². The summed E-state index contributed by atoms with van der Waals surface area (Å²) in [5.41, 5.74) is 0.736. The number of esters is 1. The third kappa shape index (κ3) is 5.64. The van der Waals surface area contributed by atoms with Crippen molar-refractivity contribution in [3.63, 3.8) is 0 Å². The highest BCUT2D eigenvalue weighted by atomic mass is 19.3. The van der Waals surface area contributed by atoms with Gasteiger partial charge in [0, 0.05) is 12.8 Å². The average Bonchev–Trinajstić information content (AvgIpc) is 2.56. The summed E-state index contributed by atoms with van der Waals surface area (Å²) in [5.74, 6) is -3.83. The van der Waals surface area contributed by atoms with Crippen molar-refractivity contribution in [1.29, 1.82) is 0 Å². The number of allylic oxidation sites excluding steroid dienone is 2. The first-order chi connectivity index (χ1) is 11.5. The first kappa shape index (κ1) is 17.9. The van der Waals surface area contributed by atoms with Crippen molar-refractivity contribution in [1.82, 2.24) is 5.32 Å². The third-order valence-corrected chi connectivity index (χ3v) is 3.50. The summed E-state index contributed by atoms with van der Waals surface area (Å²) < 4.78 is 38.1. The van der Waals surface area contributed by atoms with Gasteiger partial charge in [-0.1, -0.05) is 42.5 Å². The van der Waals surface area contributed by atoms with Gasteiger partial charge < -0.3 is 14.8 Å². The number of hydrogen-bond donors (Lipinski definition) is 1. The molecule has 0 radical (unpaired) electrons. The zero-order valence-corrected chi connectivity index (χ0v) is 13.0. The molecule has 0 aromatic heterocycles. The van der Waals surface area contributed by atoms with Gasteiger partial charge in [0.05, 0.1) is 0 Å². The fraction of sp³-hybridized carbons (Fsp3) is 0.412. The van der Waals surface area contributed by atoms with Crippen LogP contribution in [0.15, 0.2) is 42.5 Å². The van der Waals surface area contributed by atoms with E-state index in [-0.39, 0.29) is 13.0 Å². The lowest BCUT2D eigenvalue weighted by Gasteiger charge is -2.27. The molecule has 0 saturated heterocycles. The minimum atomic E-state index is -3.25. The predicted octanol–water partition coefficient (Wildman–Crippen LogP) is 3.20. The van der Waals surface area contributed by atoms with Gasteiger partial charge >= 0.3 is 12.1 Å². The van der Waals surface area contributed by atoms with Gasteiger partial charge in [0.25, 0.3) is 5.92 Å². The van der Waals surface area contributed by atoms with Gasteiger partial charge in [-0.3, -0.25) is 4.79 Å². The highest BCUT2D eigenvalue weighted by Gasteiger charge is 2.41. The Kier molecular flexibility index (Phi) is 6.28. The molecule has 0 aliphatic carbocycles. The van der Waals surface area contributed by atoms with E-state index in [2.05, 4.69) is 5.32 Å². The number of alkyl halides is 2. The highest BCUT2D eigenvalue weighted by Crippen LogP contribution is 2.25. The molecule has 1 N–H and O–H groups in total. The van der Waals surface area contributed by atoms with Gasteiger partial charge in [-0.2, -0.15) is 0 Å². The number of nitrogens with one attached hydrogen (secondary N) is 1. The Hall–Kier alpha value is -2.44. The molecule has 0 spiro atoms. The maximum atomic E-state index is 14.2. The first-order valence-electron chi connectivity index (χ1n) is 7.63. The fourth-order valence-corrected chi connectivity index (χ4v) is 2.13. The number of alkyl carbamates (subject to hydrolysis) is 1. The molecule has 1 amide bonds. The Morgan fingerprint density at radius 1 is 1.29 bits per heavy atom. The number of ether oxygens (including phenoxy) is 2. The molecular formula is C17H19F2NO4. The summed E-state index contributed by atoms with van der Waals surface area (Å²) in [5, 5.41) is 2.09. The lowest BCUT2D eigenvalue weighted by Crippen LogP contribution is -2.50. The molecule has 130 valence electrons. The molecule has 1 unspecified atom stereocenters. The van der Waals surface area contributed by atoms with Gasteiger partial charge in [-0.05, 0) is 12.0 Å². The molecule has 5 nitrogen and oxygen atoms in total. The molecule has 0 bridgehead atoms. The maximum Gasteiger partial charge on any atom is 0.408 e. The number of amides is 1. The molecule has 24 heavy (non-hydrogen) atoms. The van der Waals surface area contributed by atoms with E-state index in [1.807, 2.05) is 6.07 Å². The number of carbonyl (C=O) groups excluding carboxylic acids is 2. The van der Waals surface area contributed by atoms with Crippen LogP contribution in [0.1, 0.15) is 24.8 Å². The molecule has 7 heteroatoms. The average molecular weight is 339 g/mol. The molecule has 1 atom stereocenters. The van der Waals surface area contributed by atoms with Crippen LogP contribution >= 0.6 is 0 Å². The highest BCUT2D eigenvalue weighted by molar-refractivity contribution is 5.70. The Balaban J connectivity index is 1.95. The van der Waals surface area contributed by atoms with Crippen molar-refractivity contribution in [3.05, 3.63) is 48.0 Å². The number of hydrogen-bond acceptors (Lipinski definition) is 4. The van der Waals surface area contributed by atoms with Crippen LogP contribution in [0, 0.1) is 0 Å². The van der Waals surface area contributed by atoms with Gasteiger partial charge in [0.1, 0.15) is 19.3 Å². The Morgan fingerprint density at radius 3 is 2.79 bits per heavy atom. The predicted molar refractivity (Wildman–Crippen MR) is 82.4 cm³/mol. The van der Waals surface area contributed by atoms with E-state index >= 15 is 0 Å². The molecule has 1 aromatic rings. The van der Waals surface area contributed by atoms with Gasteiger partial charge in [-0.15, -0.1) is 0 Å². The summed E-state index contributed by atoms with van der Waals surface area (Å²) in [6, 6.07) is 7.21. The third-order valence-electron chi connectivity index (χ3n) is 3.50. The van der Waals surface area contributed by atoms with Crippen LogP contribution in [0.5, 0.6) is 0 Å². The fourth-order valence-electron chi connectivity index (χ4n) is 2.13. The van der Waals surface area contributed by atoms with Crippen LogP contribution in [0.25, 0.3) is 0 Å². The molecule has 0 saturated carbocycles. The summed E-state index contributed by atoms with van der Waals surface area (Å²) in [4.78, 5) is 23.2. The van der Waals surface area contributed by atoms with E-state index in [0.717, 1.165) is 5.56 Å². The molecule has 0 fully saturated rings. The normalized spacial score (nSPS) is 22.1. The van der Waals surface area contributed by atoms with Crippen LogP contribution in [0.3, 0.4) is 0 Å². The van der Waals surface area contributed by atoms with Gasteiger partial charge in [-0.25, -0.2) is 13.6 Å². The van der Waals surface area contributed by atoms with E-state index < -0.39 is 37.1 Å². The molecule has 1 heterocycles. The second-order valence-electron chi connectivity index (χ2n) is 5.42. The summed E-state index contributed by atoms with van der Waals surface area (Å²) in [6.07, 6.45) is 1.75. The zero-order chi connectivity index (χ0) is 17.4. The Labute approximate surface area is 138 Å². The van der Waals surface area contributed by atoms with Crippen molar-refractivity contribution in [2.75, 3.05) is 6.61 Å². The van der Waals surface area contributed by atoms with Crippen molar-refractivity contribution in [2.45, 2.75) is 37.8 Å². The van der Waals surface area contributed by atoms with Gasteiger partial charge in [0.15, 0.2) is 0 Å². The van der Waals surface area contributed by atoms with Crippen molar-refractivity contribution >= 4 is 12.1 Å². The van der Waals surface area contributed by atoms with Crippen molar-refractivity contribution in [2.24, 2.45) is 0 Å². The first-order valence-corrected chi connectivity index (χ1v) is 7.63. The summed E-state index contributed by atoms with van der Waals surface area (Å²) in [6.45, 7) is -0.634. The molecule has 1 aliphatic rings. The maximum absolute atomic E-state index is 14.2. The second-order valence-corrected chi connectivity index (χ2v) is 5.42. The van der Waals surface area contributed by atoms with Crippen LogP contribution < -0.4 is 5.32 Å². The van der Waals surface area contributed by atoms with E-state index in [4.69, 9.17) is 9.47 Å².